The summed E-state index contributed by atoms with van der Waals surface area (Å²) in [5.74, 6) is 2.72. The van der Waals surface area contributed by atoms with E-state index in [1.807, 2.05) is 17.8 Å². The van der Waals surface area contributed by atoms with Crippen LogP contribution in [0.1, 0.15) is 50.7 Å². The SMILES string of the molecule is CC(C)CC(NC1CCN(Cc2ccco2)CC1)c1ncnn1C. The lowest BCUT2D eigenvalue weighted by Gasteiger charge is -2.34. The van der Waals surface area contributed by atoms with Gasteiger partial charge in [0.1, 0.15) is 17.9 Å². The first-order chi connectivity index (χ1) is 11.6. The minimum atomic E-state index is 0.277. The van der Waals surface area contributed by atoms with E-state index < -0.39 is 0 Å². The number of piperidine rings is 1. The Balaban J connectivity index is 1.54. The van der Waals surface area contributed by atoms with Gasteiger partial charge in [0.15, 0.2) is 0 Å². The fourth-order valence-electron chi connectivity index (χ4n) is 3.51. The van der Waals surface area contributed by atoms with Crippen molar-refractivity contribution < 1.29 is 4.42 Å². The molecule has 24 heavy (non-hydrogen) atoms. The number of hydrogen-bond acceptors (Lipinski definition) is 5. The van der Waals surface area contributed by atoms with Crippen LogP contribution in [-0.4, -0.2) is 38.8 Å². The molecule has 3 heterocycles. The van der Waals surface area contributed by atoms with Crippen LogP contribution in [0, 0.1) is 5.92 Å². The summed E-state index contributed by atoms with van der Waals surface area (Å²) < 4.78 is 7.35. The highest BCUT2D eigenvalue weighted by molar-refractivity contribution is 4.99. The minimum Gasteiger partial charge on any atom is -0.468 e. The minimum absolute atomic E-state index is 0.277. The van der Waals surface area contributed by atoms with Gasteiger partial charge in [-0.05, 0) is 37.3 Å². The molecular formula is C18H29N5O. The molecule has 6 nitrogen and oxygen atoms in total. The molecule has 6 heteroatoms. The van der Waals surface area contributed by atoms with Crippen molar-refractivity contribution in [1.82, 2.24) is 25.0 Å². The number of nitrogens with one attached hydrogen (secondary N) is 1. The van der Waals surface area contributed by atoms with E-state index in [-0.39, 0.29) is 6.04 Å². The molecule has 1 unspecified atom stereocenters. The van der Waals surface area contributed by atoms with Crippen molar-refractivity contribution in [3.05, 3.63) is 36.3 Å². The number of likely N-dealkylation sites (tertiary alicyclic amines) is 1. The van der Waals surface area contributed by atoms with E-state index in [2.05, 4.69) is 40.2 Å². The molecule has 1 saturated heterocycles. The predicted molar refractivity (Wildman–Crippen MR) is 93.3 cm³/mol. The Morgan fingerprint density at radius 3 is 2.71 bits per heavy atom. The van der Waals surface area contributed by atoms with Crippen LogP contribution in [0.15, 0.2) is 29.1 Å². The molecule has 1 aliphatic heterocycles. The molecule has 3 rings (SSSR count). The second-order valence-electron chi connectivity index (χ2n) is 7.22. The quantitative estimate of drug-likeness (QED) is 0.845. The van der Waals surface area contributed by atoms with Gasteiger partial charge in [-0.3, -0.25) is 9.58 Å². The Kier molecular flexibility index (Phi) is 5.68. The highest BCUT2D eigenvalue weighted by Crippen LogP contribution is 2.22. The third kappa shape index (κ3) is 4.45. The molecule has 1 fully saturated rings. The lowest BCUT2D eigenvalue weighted by molar-refractivity contribution is 0.169. The summed E-state index contributed by atoms with van der Waals surface area (Å²) in [6, 6.07) is 4.83. The molecule has 1 atom stereocenters. The summed E-state index contributed by atoms with van der Waals surface area (Å²) in [6.07, 6.45) is 6.80. The largest absolute Gasteiger partial charge is 0.468 e. The third-order valence-electron chi connectivity index (χ3n) is 4.75. The zero-order valence-corrected chi connectivity index (χ0v) is 15.0. The fourth-order valence-corrected chi connectivity index (χ4v) is 3.51. The van der Waals surface area contributed by atoms with E-state index in [9.17, 15) is 0 Å². The number of rotatable bonds is 7. The molecule has 2 aromatic heterocycles. The Labute approximate surface area is 144 Å². The molecule has 0 spiro atoms. The summed E-state index contributed by atoms with van der Waals surface area (Å²) in [4.78, 5) is 6.94. The van der Waals surface area contributed by atoms with Gasteiger partial charge in [-0.15, -0.1) is 0 Å². The molecule has 2 aromatic rings. The maximum Gasteiger partial charge on any atom is 0.143 e. The standard InChI is InChI=1S/C18H29N5O/c1-14(2)11-17(18-19-13-20-22(18)3)21-15-6-8-23(9-7-15)12-16-5-4-10-24-16/h4-5,10,13-15,17,21H,6-9,11-12H2,1-3H3. The van der Waals surface area contributed by atoms with E-state index in [0.29, 0.717) is 12.0 Å². The molecular weight excluding hydrogens is 302 g/mol. The van der Waals surface area contributed by atoms with Crippen LogP contribution in [0.5, 0.6) is 0 Å². The van der Waals surface area contributed by atoms with Gasteiger partial charge in [0, 0.05) is 26.2 Å². The highest BCUT2D eigenvalue weighted by Gasteiger charge is 2.25. The zero-order valence-electron chi connectivity index (χ0n) is 15.0. The number of furan rings is 1. The van der Waals surface area contributed by atoms with E-state index in [4.69, 9.17) is 4.42 Å². The Bertz CT molecular complexity index is 599. The van der Waals surface area contributed by atoms with Crippen molar-refractivity contribution in [2.24, 2.45) is 13.0 Å². The van der Waals surface area contributed by atoms with Crippen LogP contribution in [0.2, 0.25) is 0 Å². The van der Waals surface area contributed by atoms with Gasteiger partial charge in [0.2, 0.25) is 0 Å². The van der Waals surface area contributed by atoms with Crippen molar-refractivity contribution in [1.29, 1.82) is 0 Å². The van der Waals surface area contributed by atoms with Crippen LogP contribution in [0.4, 0.5) is 0 Å². The van der Waals surface area contributed by atoms with E-state index in [1.54, 1.807) is 12.6 Å². The maximum atomic E-state index is 5.46. The molecule has 0 amide bonds. The van der Waals surface area contributed by atoms with Crippen LogP contribution in [0.3, 0.4) is 0 Å². The van der Waals surface area contributed by atoms with Gasteiger partial charge in [0.25, 0.3) is 0 Å². The number of hydrogen-bond donors (Lipinski definition) is 1. The smallest absolute Gasteiger partial charge is 0.143 e. The lowest BCUT2D eigenvalue weighted by atomic mass is 9.99. The number of aromatic nitrogens is 3. The normalized spacial score (nSPS) is 18.3. The lowest BCUT2D eigenvalue weighted by Crippen LogP contribution is -2.44. The first-order valence-corrected chi connectivity index (χ1v) is 8.96. The first kappa shape index (κ1) is 17.2. The Morgan fingerprint density at radius 2 is 2.12 bits per heavy atom. The topological polar surface area (TPSA) is 59.1 Å². The monoisotopic (exact) mass is 331 g/mol. The zero-order chi connectivity index (χ0) is 16.9. The number of nitrogens with zero attached hydrogens (tertiary/aromatic N) is 4. The van der Waals surface area contributed by atoms with Crippen molar-refractivity contribution in [2.75, 3.05) is 13.1 Å². The van der Waals surface area contributed by atoms with Crippen LogP contribution in [-0.2, 0) is 13.6 Å². The van der Waals surface area contributed by atoms with Gasteiger partial charge in [-0.1, -0.05) is 13.8 Å². The molecule has 0 aliphatic carbocycles. The Morgan fingerprint density at radius 1 is 1.33 bits per heavy atom. The molecule has 0 bridgehead atoms. The van der Waals surface area contributed by atoms with Gasteiger partial charge in [0.05, 0.1) is 18.8 Å². The molecule has 1 N–H and O–H groups in total. The third-order valence-corrected chi connectivity index (χ3v) is 4.75. The molecule has 1 aliphatic rings. The van der Waals surface area contributed by atoms with Crippen LogP contribution < -0.4 is 5.32 Å². The molecule has 0 aromatic carbocycles. The summed E-state index contributed by atoms with van der Waals surface area (Å²) >= 11 is 0. The van der Waals surface area contributed by atoms with Gasteiger partial charge in [-0.25, -0.2) is 4.98 Å². The van der Waals surface area contributed by atoms with E-state index >= 15 is 0 Å². The number of aryl methyl sites for hydroxylation is 1. The fraction of sp³-hybridized carbons (Fsp3) is 0.667. The van der Waals surface area contributed by atoms with Crippen molar-refractivity contribution in [3.8, 4) is 0 Å². The van der Waals surface area contributed by atoms with Crippen molar-refractivity contribution in [3.63, 3.8) is 0 Å². The summed E-state index contributed by atoms with van der Waals surface area (Å²) in [5, 5.41) is 8.08. The van der Waals surface area contributed by atoms with E-state index in [1.165, 1.54) is 0 Å². The van der Waals surface area contributed by atoms with Crippen molar-refractivity contribution >= 4 is 0 Å². The average molecular weight is 331 g/mol. The summed E-state index contributed by atoms with van der Waals surface area (Å²) in [6.45, 7) is 7.64. The molecule has 132 valence electrons. The summed E-state index contributed by atoms with van der Waals surface area (Å²) in [5.41, 5.74) is 0. The van der Waals surface area contributed by atoms with Crippen molar-refractivity contribution in [2.45, 2.75) is 51.7 Å². The highest BCUT2D eigenvalue weighted by atomic mass is 16.3. The maximum absolute atomic E-state index is 5.46. The van der Waals surface area contributed by atoms with Gasteiger partial charge < -0.3 is 9.73 Å². The Hall–Kier alpha value is -1.66. The summed E-state index contributed by atoms with van der Waals surface area (Å²) in [7, 11) is 1.98. The van der Waals surface area contributed by atoms with Gasteiger partial charge >= 0.3 is 0 Å². The molecule has 0 saturated carbocycles. The van der Waals surface area contributed by atoms with Crippen LogP contribution >= 0.6 is 0 Å². The second-order valence-corrected chi connectivity index (χ2v) is 7.22. The predicted octanol–water partition coefficient (Wildman–Crippen LogP) is 2.75. The first-order valence-electron chi connectivity index (χ1n) is 8.96. The van der Waals surface area contributed by atoms with E-state index in [0.717, 1.165) is 50.5 Å². The second kappa shape index (κ2) is 7.94. The molecule has 0 radical (unpaired) electrons. The van der Waals surface area contributed by atoms with Gasteiger partial charge in [-0.2, -0.15) is 5.10 Å². The average Bonchev–Trinajstić information content (AvgIpc) is 3.20. The van der Waals surface area contributed by atoms with Crippen LogP contribution in [0.25, 0.3) is 0 Å².